The van der Waals surface area contributed by atoms with Crippen molar-refractivity contribution in [2.75, 3.05) is 6.54 Å². The van der Waals surface area contributed by atoms with Crippen molar-refractivity contribution < 1.29 is 24.2 Å². The van der Waals surface area contributed by atoms with Crippen LogP contribution in [-0.4, -0.2) is 46.4 Å². The van der Waals surface area contributed by atoms with E-state index in [4.69, 9.17) is 14.7 Å². The molecule has 0 bridgehead atoms. The molecule has 7 nitrogen and oxygen atoms in total. The molecular formula is C18H22N2O5. The number of carboxylic acids is 1. The summed E-state index contributed by atoms with van der Waals surface area (Å²) in [5.41, 5.74) is 0.745. The van der Waals surface area contributed by atoms with Crippen LogP contribution in [0.4, 0.5) is 4.79 Å². The fourth-order valence-corrected chi connectivity index (χ4v) is 2.56. The summed E-state index contributed by atoms with van der Waals surface area (Å²) < 4.78 is 11.0. The molecule has 0 saturated carbocycles. The standard InChI is InChI=1S/C18H22N2O5/c1-18(2,3)25-17(23)20-10-14(8-15(20)16(21)22)24-11-13-6-4-12(9-19)5-7-13/h4-7,14-15H,8,10-11H2,1-3H3,(H,21,22). The first-order valence-electron chi connectivity index (χ1n) is 8.02. The molecule has 25 heavy (non-hydrogen) atoms. The van der Waals surface area contributed by atoms with Crippen molar-refractivity contribution in [2.24, 2.45) is 0 Å². The third-order valence-electron chi connectivity index (χ3n) is 3.74. The van der Waals surface area contributed by atoms with Crippen molar-refractivity contribution in [3.63, 3.8) is 0 Å². The first kappa shape index (κ1) is 18.7. The molecule has 2 rings (SSSR count). The van der Waals surface area contributed by atoms with Crippen molar-refractivity contribution in [3.8, 4) is 6.07 Å². The summed E-state index contributed by atoms with van der Waals surface area (Å²) in [6, 6.07) is 8.05. The normalized spacial score (nSPS) is 20.2. The van der Waals surface area contributed by atoms with Gasteiger partial charge in [0.2, 0.25) is 0 Å². The second-order valence-electron chi connectivity index (χ2n) is 6.96. The highest BCUT2D eigenvalue weighted by atomic mass is 16.6. The average Bonchev–Trinajstić information content (AvgIpc) is 2.96. The molecule has 1 aromatic rings. The summed E-state index contributed by atoms with van der Waals surface area (Å²) in [4.78, 5) is 24.9. The number of nitriles is 1. The lowest BCUT2D eigenvalue weighted by Gasteiger charge is -2.26. The Morgan fingerprint density at radius 3 is 2.48 bits per heavy atom. The second kappa shape index (κ2) is 7.53. The lowest BCUT2D eigenvalue weighted by Crippen LogP contribution is -2.43. The van der Waals surface area contributed by atoms with Gasteiger partial charge in [0, 0.05) is 6.42 Å². The van der Waals surface area contributed by atoms with Gasteiger partial charge < -0.3 is 14.6 Å². The van der Waals surface area contributed by atoms with Gasteiger partial charge in [0.15, 0.2) is 0 Å². The Balaban J connectivity index is 1.97. The fourth-order valence-electron chi connectivity index (χ4n) is 2.56. The summed E-state index contributed by atoms with van der Waals surface area (Å²) >= 11 is 0. The number of benzene rings is 1. The molecule has 1 fully saturated rings. The van der Waals surface area contributed by atoms with Crippen LogP contribution >= 0.6 is 0 Å². The van der Waals surface area contributed by atoms with Gasteiger partial charge in [-0.3, -0.25) is 4.90 Å². The van der Waals surface area contributed by atoms with E-state index in [1.54, 1.807) is 45.0 Å². The lowest BCUT2D eigenvalue weighted by molar-refractivity contribution is -0.142. The quantitative estimate of drug-likeness (QED) is 0.899. The number of carbonyl (C=O) groups excluding carboxylic acids is 1. The van der Waals surface area contributed by atoms with Gasteiger partial charge in [0.05, 0.1) is 30.9 Å². The zero-order valence-corrected chi connectivity index (χ0v) is 14.6. The lowest BCUT2D eigenvalue weighted by atomic mass is 10.1. The van der Waals surface area contributed by atoms with Crippen LogP contribution in [0.1, 0.15) is 38.3 Å². The number of aliphatic carboxylic acids is 1. The molecule has 0 radical (unpaired) electrons. The molecule has 2 unspecified atom stereocenters. The molecule has 1 amide bonds. The molecule has 0 aromatic heterocycles. The molecule has 134 valence electrons. The van der Waals surface area contributed by atoms with Crippen molar-refractivity contribution in [2.45, 2.75) is 51.5 Å². The van der Waals surface area contributed by atoms with Crippen molar-refractivity contribution in [3.05, 3.63) is 35.4 Å². The summed E-state index contributed by atoms with van der Waals surface area (Å²) in [5.74, 6) is -1.07. The molecule has 1 saturated heterocycles. The van der Waals surface area contributed by atoms with Gasteiger partial charge in [-0.25, -0.2) is 9.59 Å². The van der Waals surface area contributed by atoms with E-state index in [0.717, 1.165) is 5.56 Å². The largest absolute Gasteiger partial charge is 0.480 e. The highest BCUT2D eigenvalue weighted by molar-refractivity contribution is 5.81. The van der Waals surface area contributed by atoms with E-state index in [1.165, 1.54) is 4.90 Å². The molecule has 1 N–H and O–H groups in total. The monoisotopic (exact) mass is 346 g/mol. The van der Waals surface area contributed by atoms with Gasteiger partial charge in [0.1, 0.15) is 11.6 Å². The SMILES string of the molecule is CC(C)(C)OC(=O)N1CC(OCc2ccc(C#N)cc2)CC1C(=O)O. The Labute approximate surface area is 146 Å². The van der Waals surface area contributed by atoms with Gasteiger partial charge in [0.25, 0.3) is 0 Å². The Morgan fingerprint density at radius 2 is 1.96 bits per heavy atom. The third-order valence-corrected chi connectivity index (χ3v) is 3.74. The van der Waals surface area contributed by atoms with Crippen LogP contribution in [0.5, 0.6) is 0 Å². The Bertz CT molecular complexity index is 672. The van der Waals surface area contributed by atoms with E-state index in [2.05, 4.69) is 0 Å². The van der Waals surface area contributed by atoms with E-state index in [-0.39, 0.29) is 25.7 Å². The summed E-state index contributed by atoms with van der Waals surface area (Å²) in [6.45, 7) is 5.65. The van der Waals surface area contributed by atoms with Crippen LogP contribution in [-0.2, 0) is 20.9 Å². The minimum atomic E-state index is -1.07. The highest BCUT2D eigenvalue weighted by Crippen LogP contribution is 2.24. The third kappa shape index (κ3) is 5.19. The molecular weight excluding hydrogens is 324 g/mol. The topological polar surface area (TPSA) is 99.9 Å². The molecule has 1 aromatic carbocycles. The second-order valence-corrected chi connectivity index (χ2v) is 6.96. The van der Waals surface area contributed by atoms with Crippen LogP contribution in [0.25, 0.3) is 0 Å². The van der Waals surface area contributed by atoms with E-state index in [1.807, 2.05) is 6.07 Å². The number of ether oxygens (including phenoxy) is 2. The van der Waals surface area contributed by atoms with Gasteiger partial charge >= 0.3 is 12.1 Å². The molecule has 0 aliphatic carbocycles. The number of amides is 1. The van der Waals surface area contributed by atoms with Crippen LogP contribution in [0.15, 0.2) is 24.3 Å². The summed E-state index contributed by atoms with van der Waals surface area (Å²) in [6.07, 6.45) is -0.821. The first-order chi connectivity index (χ1) is 11.7. The number of rotatable bonds is 4. The minimum Gasteiger partial charge on any atom is -0.480 e. The predicted octanol–water partition coefficient (Wildman–Crippen LogP) is 2.54. The van der Waals surface area contributed by atoms with E-state index in [9.17, 15) is 14.7 Å². The van der Waals surface area contributed by atoms with Crippen LogP contribution in [0, 0.1) is 11.3 Å². The number of hydrogen-bond donors (Lipinski definition) is 1. The van der Waals surface area contributed by atoms with Crippen molar-refractivity contribution in [1.29, 1.82) is 5.26 Å². The van der Waals surface area contributed by atoms with E-state index < -0.39 is 23.7 Å². The molecule has 1 aliphatic heterocycles. The average molecular weight is 346 g/mol. The van der Waals surface area contributed by atoms with Crippen LogP contribution < -0.4 is 0 Å². The number of hydrogen-bond acceptors (Lipinski definition) is 5. The number of carbonyl (C=O) groups is 2. The van der Waals surface area contributed by atoms with Crippen LogP contribution in [0.2, 0.25) is 0 Å². The Hall–Kier alpha value is -2.59. The van der Waals surface area contributed by atoms with Gasteiger partial charge in [-0.15, -0.1) is 0 Å². The molecule has 1 heterocycles. The highest BCUT2D eigenvalue weighted by Gasteiger charge is 2.42. The zero-order valence-electron chi connectivity index (χ0n) is 14.6. The van der Waals surface area contributed by atoms with Crippen molar-refractivity contribution in [1.82, 2.24) is 4.90 Å². The minimum absolute atomic E-state index is 0.169. The van der Waals surface area contributed by atoms with Crippen molar-refractivity contribution >= 4 is 12.1 Å². The molecule has 2 atom stereocenters. The van der Waals surface area contributed by atoms with E-state index >= 15 is 0 Å². The van der Waals surface area contributed by atoms with Gasteiger partial charge in [-0.2, -0.15) is 5.26 Å². The van der Waals surface area contributed by atoms with Gasteiger partial charge in [-0.1, -0.05) is 12.1 Å². The summed E-state index contributed by atoms with van der Waals surface area (Å²) in [5, 5.41) is 18.1. The smallest absolute Gasteiger partial charge is 0.411 e. The first-order valence-corrected chi connectivity index (χ1v) is 8.02. The Kier molecular flexibility index (Phi) is 5.65. The number of likely N-dealkylation sites (tertiary alicyclic amines) is 1. The number of nitrogens with zero attached hydrogens (tertiary/aromatic N) is 2. The predicted molar refractivity (Wildman–Crippen MR) is 88.7 cm³/mol. The maximum Gasteiger partial charge on any atom is 0.411 e. The molecule has 7 heteroatoms. The fraction of sp³-hybridized carbons (Fsp3) is 0.500. The molecule has 1 aliphatic rings. The molecule has 0 spiro atoms. The Morgan fingerprint density at radius 1 is 1.32 bits per heavy atom. The summed E-state index contributed by atoms with van der Waals surface area (Å²) in [7, 11) is 0. The maximum absolute atomic E-state index is 12.2. The van der Waals surface area contributed by atoms with E-state index in [0.29, 0.717) is 5.56 Å². The number of carboxylic acid groups (broad SMARTS) is 1. The van der Waals surface area contributed by atoms with Crippen LogP contribution in [0.3, 0.4) is 0 Å². The maximum atomic E-state index is 12.2. The zero-order chi connectivity index (χ0) is 18.6. The van der Waals surface area contributed by atoms with Gasteiger partial charge in [-0.05, 0) is 38.5 Å².